The van der Waals surface area contributed by atoms with Crippen molar-refractivity contribution in [1.82, 2.24) is 4.98 Å². The molecule has 0 bridgehead atoms. The lowest BCUT2D eigenvalue weighted by atomic mass is 9.95. The van der Waals surface area contributed by atoms with Crippen molar-refractivity contribution in [3.05, 3.63) is 16.9 Å². The van der Waals surface area contributed by atoms with Crippen molar-refractivity contribution < 1.29 is 0 Å². The summed E-state index contributed by atoms with van der Waals surface area (Å²) in [5, 5.41) is 3.47. The minimum absolute atomic E-state index is 0.413. The summed E-state index contributed by atoms with van der Waals surface area (Å²) in [5.74, 6) is 0.666. The van der Waals surface area contributed by atoms with Crippen molar-refractivity contribution in [1.29, 1.82) is 0 Å². The molecule has 0 saturated carbocycles. The van der Waals surface area contributed by atoms with Crippen LogP contribution < -0.4 is 11.1 Å². The molecule has 0 fully saturated rings. The van der Waals surface area contributed by atoms with Crippen LogP contribution in [0.3, 0.4) is 0 Å². The predicted molar refractivity (Wildman–Crippen MR) is 73.5 cm³/mol. The number of aromatic nitrogens is 1. The molecule has 1 heterocycles. The Morgan fingerprint density at radius 2 is 2.00 bits per heavy atom. The highest BCUT2D eigenvalue weighted by Gasteiger charge is 2.15. The average molecular weight is 286 g/mol. The van der Waals surface area contributed by atoms with Gasteiger partial charge < -0.3 is 11.1 Å². The van der Waals surface area contributed by atoms with Crippen LogP contribution in [-0.2, 0) is 0 Å². The quantitative estimate of drug-likeness (QED) is 0.868. The summed E-state index contributed by atoms with van der Waals surface area (Å²) in [4.78, 5) is 4.03. The average Bonchev–Trinajstić information content (AvgIpc) is 2.25. The molecule has 1 aromatic heterocycles. The highest BCUT2D eigenvalue weighted by Crippen LogP contribution is 2.29. The van der Waals surface area contributed by atoms with Crippen LogP contribution in [0.2, 0.25) is 0 Å². The minimum atomic E-state index is 0.413. The van der Waals surface area contributed by atoms with Gasteiger partial charge >= 0.3 is 0 Å². The van der Waals surface area contributed by atoms with Crippen LogP contribution in [0, 0.1) is 5.92 Å². The molecule has 1 unspecified atom stereocenters. The molecular weight excluding hydrogens is 266 g/mol. The Bertz CT molecular complexity index is 317. The SMILES string of the molecule is CCC(CC)C(C)Nc1c(N)cncc1Br. The molecule has 0 aliphatic heterocycles. The Morgan fingerprint density at radius 3 is 2.50 bits per heavy atom. The number of pyridine rings is 1. The number of anilines is 2. The lowest BCUT2D eigenvalue weighted by molar-refractivity contribution is 0.438. The largest absolute Gasteiger partial charge is 0.396 e. The first-order valence-electron chi connectivity index (χ1n) is 5.75. The van der Waals surface area contributed by atoms with E-state index in [1.165, 1.54) is 12.8 Å². The normalized spacial score (nSPS) is 12.8. The van der Waals surface area contributed by atoms with Crippen LogP contribution in [0.25, 0.3) is 0 Å². The maximum atomic E-state index is 5.90. The third-order valence-corrected chi connectivity index (χ3v) is 3.66. The monoisotopic (exact) mass is 285 g/mol. The lowest BCUT2D eigenvalue weighted by Crippen LogP contribution is -2.25. The second-order valence-corrected chi connectivity index (χ2v) is 4.95. The van der Waals surface area contributed by atoms with Crippen molar-refractivity contribution in [2.75, 3.05) is 11.1 Å². The van der Waals surface area contributed by atoms with Crippen molar-refractivity contribution in [3.63, 3.8) is 0 Å². The highest BCUT2D eigenvalue weighted by atomic mass is 79.9. The Kier molecular flexibility index (Phi) is 5.06. The minimum Gasteiger partial charge on any atom is -0.396 e. The zero-order valence-electron chi connectivity index (χ0n) is 10.1. The van der Waals surface area contributed by atoms with Crippen molar-refractivity contribution in [3.8, 4) is 0 Å². The summed E-state index contributed by atoms with van der Waals surface area (Å²) in [7, 11) is 0. The van der Waals surface area contributed by atoms with Gasteiger partial charge in [0.15, 0.2) is 0 Å². The van der Waals surface area contributed by atoms with E-state index in [4.69, 9.17) is 5.73 Å². The number of nitrogens with zero attached hydrogens (tertiary/aromatic N) is 1. The summed E-state index contributed by atoms with van der Waals surface area (Å²) in [6.07, 6.45) is 5.78. The number of nitrogens with one attached hydrogen (secondary N) is 1. The molecule has 1 atom stereocenters. The number of nitrogen functional groups attached to an aromatic ring is 1. The summed E-state index contributed by atoms with van der Waals surface area (Å²) in [6, 6.07) is 0.413. The second-order valence-electron chi connectivity index (χ2n) is 4.10. The van der Waals surface area contributed by atoms with E-state index in [1.54, 1.807) is 12.4 Å². The molecule has 1 rings (SSSR count). The van der Waals surface area contributed by atoms with Crippen LogP contribution in [0.5, 0.6) is 0 Å². The molecule has 0 aromatic carbocycles. The summed E-state index contributed by atoms with van der Waals surface area (Å²) < 4.78 is 0.922. The van der Waals surface area contributed by atoms with Crippen molar-refractivity contribution in [2.24, 2.45) is 5.92 Å². The molecule has 3 N–H and O–H groups in total. The smallest absolute Gasteiger partial charge is 0.0752 e. The molecule has 90 valence electrons. The van der Waals surface area contributed by atoms with Crippen LogP contribution in [0.4, 0.5) is 11.4 Å². The zero-order chi connectivity index (χ0) is 12.1. The molecule has 16 heavy (non-hydrogen) atoms. The van der Waals surface area contributed by atoms with Gasteiger partial charge in [0.05, 0.1) is 22.0 Å². The Labute approximate surface area is 106 Å². The first kappa shape index (κ1) is 13.3. The third kappa shape index (κ3) is 3.11. The molecule has 0 spiro atoms. The lowest BCUT2D eigenvalue weighted by Gasteiger charge is -2.24. The fraction of sp³-hybridized carbons (Fsp3) is 0.583. The third-order valence-electron chi connectivity index (χ3n) is 3.06. The second kappa shape index (κ2) is 6.09. The number of hydrogen-bond acceptors (Lipinski definition) is 3. The van der Waals surface area contributed by atoms with Gasteiger partial charge in [-0.05, 0) is 28.8 Å². The number of nitrogens with two attached hydrogens (primary N) is 1. The summed E-state index contributed by atoms with van der Waals surface area (Å²) in [6.45, 7) is 6.64. The molecule has 0 radical (unpaired) electrons. The molecular formula is C12H20BrN3. The van der Waals surface area contributed by atoms with Gasteiger partial charge in [0.2, 0.25) is 0 Å². The maximum Gasteiger partial charge on any atom is 0.0752 e. The molecule has 0 saturated heterocycles. The predicted octanol–water partition coefficient (Wildman–Crippen LogP) is 3.66. The van der Waals surface area contributed by atoms with Gasteiger partial charge in [0.25, 0.3) is 0 Å². The van der Waals surface area contributed by atoms with Crippen LogP contribution in [-0.4, -0.2) is 11.0 Å². The highest BCUT2D eigenvalue weighted by molar-refractivity contribution is 9.10. The molecule has 4 heteroatoms. The van der Waals surface area contributed by atoms with Gasteiger partial charge in [0.1, 0.15) is 0 Å². The van der Waals surface area contributed by atoms with E-state index >= 15 is 0 Å². The molecule has 0 amide bonds. The standard InChI is InChI=1S/C12H20BrN3/c1-4-9(5-2)8(3)16-12-10(13)6-15-7-11(12)14/h6-9H,4-5,14H2,1-3H3,(H,15,16). The summed E-state index contributed by atoms with van der Waals surface area (Å²) >= 11 is 3.46. The Hall–Kier alpha value is -0.770. The van der Waals surface area contributed by atoms with Crippen LogP contribution in [0.1, 0.15) is 33.6 Å². The van der Waals surface area contributed by atoms with E-state index in [0.29, 0.717) is 17.6 Å². The summed E-state index contributed by atoms with van der Waals surface area (Å²) in [5.41, 5.74) is 7.54. The Morgan fingerprint density at radius 1 is 1.38 bits per heavy atom. The number of halogens is 1. The Balaban J connectivity index is 2.80. The van der Waals surface area contributed by atoms with E-state index in [2.05, 4.69) is 47.0 Å². The zero-order valence-corrected chi connectivity index (χ0v) is 11.7. The van der Waals surface area contributed by atoms with Crippen molar-refractivity contribution in [2.45, 2.75) is 39.7 Å². The maximum absolute atomic E-state index is 5.90. The number of hydrogen-bond donors (Lipinski definition) is 2. The van der Waals surface area contributed by atoms with E-state index < -0.39 is 0 Å². The molecule has 3 nitrogen and oxygen atoms in total. The van der Waals surface area contributed by atoms with Gasteiger partial charge in [-0.2, -0.15) is 0 Å². The van der Waals surface area contributed by atoms with Crippen LogP contribution >= 0.6 is 15.9 Å². The van der Waals surface area contributed by atoms with Gasteiger partial charge in [-0.1, -0.05) is 26.7 Å². The fourth-order valence-corrected chi connectivity index (χ4v) is 2.41. The van der Waals surface area contributed by atoms with E-state index in [-0.39, 0.29) is 0 Å². The number of rotatable bonds is 5. The van der Waals surface area contributed by atoms with Gasteiger partial charge in [-0.3, -0.25) is 4.98 Å². The van der Waals surface area contributed by atoms with Crippen LogP contribution in [0.15, 0.2) is 16.9 Å². The first-order chi connectivity index (χ1) is 7.60. The molecule has 0 aliphatic rings. The van der Waals surface area contributed by atoms with Gasteiger partial charge in [-0.15, -0.1) is 0 Å². The van der Waals surface area contributed by atoms with Crippen molar-refractivity contribution >= 4 is 27.3 Å². The van der Waals surface area contributed by atoms with E-state index in [0.717, 1.165) is 10.2 Å². The van der Waals surface area contributed by atoms with Gasteiger partial charge in [-0.25, -0.2) is 0 Å². The molecule has 1 aromatic rings. The van der Waals surface area contributed by atoms with E-state index in [1.807, 2.05) is 0 Å². The molecule has 0 aliphatic carbocycles. The first-order valence-corrected chi connectivity index (χ1v) is 6.54. The van der Waals surface area contributed by atoms with Gasteiger partial charge in [0, 0.05) is 12.2 Å². The topological polar surface area (TPSA) is 50.9 Å². The van der Waals surface area contributed by atoms with E-state index in [9.17, 15) is 0 Å². The fourth-order valence-electron chi connectivity index (χ4n) is 1.94.